The van der Waals surface area contributed by atoms with Crippen LogP contribution in [0.15, 0.2) is 24.3 Å². The zero-order valence-corrected chi connectivity index (χ0v) is 17.8. The number of piperidine rings is 1. The highest BCUT2D eigenvalue weighted by Gasteiger charge is 2.31. The fourth-order valence-corrected chi connectivity index (χ4v) is 3.77. The highest BCUT2D eigenvalue weighted by Crippen LogP contribution is 2.31. The van der Waals surface area contributed by atoms with Crippen molar-refractivity contribution in [1.82, 2.24) is 14.5 Å². The molecule has 1 fully saturated rings. The number of nitrogens with two attached hydrogens (primary N) is 1. The van der Waals surface area contributed by atoms with Crippen LogP contribution in [0.25, 0.3) is 11.0 Å². The van der Waals surface area contributed by atoms with Gasteiger partial charge in [-0.25, -0.2) is 4.98 Å². The minimum atomic E-state index is -0.590. The third-order valence-electron chi connectivity index (χ3n) is 4.90. The molecule has 27 heavy (non-hydrogen) atoms. The fourth-order valence-electron chi connectivity index (χ4n) is 3.77. The number of carbonyl (C=O) groups excluding carboxylic acids is 1. The Morgan fingerprint density at radius 2 is 2.04 bits per heavy atom. The molecule has 1 aromatic carbocycles. The minimum Gasteiger partial charge on any atom is -0.383 e. The van der Waals surface area contributed by atoms with Crippen LogP contribution in [-0.4, -0.2) is 53.2 Å². The van der Waals surface area contributed by atoms with Crippen LogP contribution in [0.5, 0.6) is 0 Å². The number of carbonyl (C=O) groups is 1. The Morgan fingerprint density at radius 1 is 1.33 bits per heavy atom. The molecule has 0 spiro atoms. The van der Waals surface area contributed by atoms with Gasteiger partial charge in [-0.15, -0.1) is 24.8 Å². The third kappa shape index (κ3) is 4.93. The standard InChI is InChI=1S/C19H28N4O2.2ClH/c1-13(2)23-17-9-5-4-8-16(17)21-18(23)14-7-6-10-22(11-14)19(24)15(20)12-25-3;;/h4-5,8-9,13-15H,6-7,10-12,20H2,1-3H3;2*1H. The SMILES string of the molecule is COCC(N)C(=O)N1CCCC(c2nc3ccccc3n2C(C)C)C1.Cl.Cl. The number of rotatable bonds is 5. The van der Waals surface area contributed by atoms with Gasteiger partial charge in [0.2, 0.25) is 5.91 Å². The quantitative estimate of drug-likeness (QED) is 0.811. The van der Waals surface area contributed by atoms with E-state index in [0.29, 0.717) is 12.6 Å². The molecule has 1 aromatic heterocycles. The number of likely N-dealkylation sites (tertiary alicyclic amines) is 1. The van der Waals surface area contributed by atoms with E-state index in [1.165, 1.54) is 0 Å². The molecule has 0 saturated carbocycles. The molecule has 6 nitrogen and oxygen atoms in total. The normalized spacial score (nSPS) is 18.1. The maximum absolute atomic E-state index is 12.5. The zero-order valence-electron chi connectivity index (χ0n) is 16.1. The number of halogens is 2. The first kappa shape index (κ1) is 23.7. The fraction of sp³-hybridized carbons (Fsp3) is 0.579. The molecular weight excluding hydrogens is 387 g/mol. The van der Waals surface area contributed by atoms with E-state index in [1.807, 2.05) is 17.0 Å². The van der Waals surface area contributed by atoms with E-state index in [0.717, 1.165) is 36.2 Å². The van der Waals surface area contributed by atoms with Gasteiger partial charge in [-0.3, -0.25) is 4.79 Å². The lowest BCUT2D eigenvalue weighted by Gasteiger charge is -2.34. The van der Waals surface area contributed by atoms with Crippen molar-refractivity contribution >= 4 is 41.8 Å². The van der Waals surface area contributed by atoms with Crippen LogP contribution in [0.1, 0.15) is 44.5 Å². The van der Waals surface area contributed by atoms with E-state index in [-0.39, 0.29) is 43.2 Å². The maximum atomic E-state index is 12.5. The summed E-state index contributed by atoms with van der Waals surface area (Å²) in [5, 5.41) is 0. The van der Waals surface area contributed by atoms with Crippen LogP contribution in [0.2, 0.25) is 0 Å². The van der Waals surface area contributed by atoms with E-state index in [1.54, 1.807) is 7.11 Å². The average molecular weight is 417 g/mol. The number of imidazole rings is 1. The van der Waals surface area contributed by atoms with Crippen LogP contribution in [0, 0.1) is 0 Å². The number of hydrogen-bond acceptors (Lipinski definition) is 4. The number of hydrogen-bond donors (Lipinski definition) is 1. The third-order valence-corrected chi connectivity index (χ3v) is 4.90. The number of benzene rings is 1. The van der Waals surface area contributed by atoms with Crippen LogP contribution >= 0.6 is 24.8 Å². The first-order valence-corrected chi connectivity index (χ1v) is 9.03. The number of nitrogens with zero attached hydrogens (tertiary/aromatic N) is 3. The molecule has 1 aliphatic heterocycles. The zero-order chi connectivity index (χ0) is 18.0. The summed E-state index contributed by atoms with van der Waals surface area (Å²) in [4.78, 5) is 19.3. The highest BCUT2D eigenvalue weighted by molar-refractivity contribution is 5.85. The molecule has 0 radical (unpaired) electrons. The Labute approximate surface area is 173 Å². The molecule has 3 rings (SSSR count). The molecule has 0 aliphatic carbocycles. The number of para-hydroxylation sites is 2. The largest absolute Gasteiger partial charge is 0.383 e. The van der Waals surface area contributed by atoms with E-state index < -0.39 is 6.04 Å². The predicted molar refractivity (Wildman–Crippen MR) is 113 cm³/mol. The van der Waals surface area contributed by atoms with Crippen LogP contribution in [-0.2, 0) is 9.53 Å². The Hall–Kier alpha value is -1.34. The Balaban J connectivity index is 0.00000182. The first-order valence-electron chi connectivity index (χ1n) is 9.03. The van der Waals surface area contributed by atoms with Gasteiger partial charge in [0.1, 0.15) is 11.9 Å². The van der Waals surface area contributed by atoms with Crippen molar-refractivity contribution in [2.45, 2.75) is 44.7 Å². The summed E-state index contributed by atoms with van der Waals surface area (Å²) in [6.07, 6.45) is 2.01. The molecule has 2 unspecified atom stereocenters. The van der Waals surface area contributed by atoms with Gasteiger partial charge in [0.25, 0.3) is 0 Å². The van der Waals surface area contributed by atoms with Crippen molar-refractivity contribution in [3.05, 3.63) is 30.1 Å². The van der Waals surface area contributed by atoms with E-state index >= 15 is 0 Å². The molecule has 2 atom stereocenters. The van der Waals surface area contributed by atoms with E-state index in [2.05, 4.69) is 30.5 Å². The summed E-state index contributed by atoms with van der Waals surface area (Å²) >= 11 is 0. The molecule has 8 heteroatoms. The second-order valence-electron chi connectivity index (χ2n) is 7.11. The van der Waals surface area contributed by atoms with Crippen molar-refractivity contribution < 1.29 is 9.53 Å². The van der Waals surface area contributed by atoms with Crippen molar-refractivity contribution in [2.75, 3.05) is 26.8 Å². The van der Waals surface area contributed by atoms with Gasteiger partial charge >= 0.3 is 0 Å². The molecular formula is C19H30Cl2N4O2. The van der Waals surface area contributed by atoms with Gasteiger partial charge in [-0.05, 0) is 38.8 Å². The van der Waals surface area contributed by atoms with Gasteiger partial charge in [-0.2, -0.15) is 0 Å². The Morgan fingerprint density at radius 3 is 2.70 bits per heavy atom. The number of fused-ring (bicyclic) bond motifs is 1. The number of aromatic nitrogens is 2. The topological polar surface area (TPSA) is 73.4 Å². The first-order chi connectivity index (χ1) is 12.0. The Bertz CT molecular complexity index is 750. The van der Waals surface area contributed by atoms with Crippen LogP contribution in [0.4, 0.5) is 0 Å². The van der Waals surface area contributed by atoms with Crippen molar-refractivity contribution in [3.8, 4) is 0 Å². The lowest BCUT2D eigenvalue weighted by atomic mass is 9.96. The molecule has 1 amide bonds. The summed E-state index contributed by atoms with van der Waals surface area (Å²) < 4.78 is 7.34. The average Bonchev–Trinajstić information content (AvgIpc) is 3.01. The molecule has 2 heterocycles. The monoisotopic (exact) mass is 416 g/mol. The lowest BCUT2D eigenvalue weighted by Crippen LogP contribution is -2.49. The number of methoxy groups -OCH3 is 1. The van der Waals surface area contributed by atoms with Crippen LogP contribution in [0.3, 0.4) is 0 Å². The Kier molecular flexibility index (Phi) is 9.02. The second-order valence-corrected chi connectivity index (χ2v) is 7.11. The summed E-state index contributed by atoms with van der Waals surface area (Å²) in [5.41, 5.74) is 8.12. The molecule has 2 aromatic rings. The van der Waals surface area contributed by atoms with E-state index in [9.17, 15) is 4.79 Å². The van der Waals surface area contributed by atoms with Crippen LogP contribution < -0.4 is 5.73 Å². The van der Waals surface area contributed by atoms with Crippen molar-refractivity contribution in [3.63, 3.8) is 0 Å². The lowest BCUT2D eigenvalue weighted by molar-refractivity contribution is -0.135. The van der Waals surface area contributed by atoms with E-state index in [4.69, 9.17) is 15.5 Å². The van der Waals surface area contributed by atoms with Gasteiger partial charge in [0, 0.05) is 32.2 Å². The minimum absolute atomic E-state index is 0. The number of amides is 1. The molecule has 1 saturated heterocycles. The maximum Gasteiger partial charge on any atom is 0.241 e. The summed E-state index contributed by atoms with van der Waals surface area (Å²) in [6, 6.07) is 7.97. The highest BCUT2D eigenvalue weighted by atomic mass is 35.5. The summed E-state index contributed by atoms with van der Waals surface area (Å²) in [5.74, 6) is 1.29. The van der Waals surface area contributed by atoms with Gasteiger partial charge in [0.05, 0.1) is 17.6 Å². The van der Waals surface area contributed by atoms with Crippen molar-refractivity contribution in [2.24, 2.45) is 5.73 Å². The number of ether oxygens (including phenoxy) is 1. The molecule has 0 bridgehead atoms. The molecule has 2 N–H and O–H groups in total. The van der Waals surface area contributed by atoms with Gasteiger partial charge in [0.15, 0.2) is 0 Å². The molecule has 152 valence electrons. The summed E-state index contributed by atoms with van der Waals surface area (Å²) in [7, 11) is 1.57. The van der Waals surface area contributed by atoms with Gasteiger partial charge in [-0.1, -0.05) is 12.1 Å². The predicted octanol–water partition coefficient (Wildman–Crippen LogP) is 3.14. The molecule has 1 aliphatic rings. The second kappa shape index (κ2) is 10.3. The smallest absolute Gasteiger partial charge is 0.241 e. The summed E-state index contributed by atoms with van der Waals surface area (Å²) in [6.45, 7) is 6.04. The van der Waals surface area contributed by atoms with Crippen molar-refractivity contribution in [1.29, 1.82) is 0 Å². The van der Waals surface area contributed by atoms with Gasteiger partial charge < -0.3 is 19.9 Å².